The molecular formula is C18H27F2N7O. The van der Waals surface area contributed by atoms with Crippen molar-refractivity contribution in [3.05, 3.63) is 24.2 Å². The van der Waals surface area contributed by atoms with Gasteiger partial charge in [-0.25, -0.2) is 18.6 Å². The number of hydrogen-bond acceptors (Lipinski definition) is 6. The van der Waals surface area contributed by atoms with Gasteiger partial charge in [0.05, 0.1) is 6.04 Å². The van der Waals surface area contributed by atoms with Crippen LogP contribution in [0.1, 0.15) is 32.6 Å². The third kappa shape index (κ3) is 4.79. The zero-order valence-corrected chi connectivity index (χ0v) is 16.2. The second-order valence-electron chi connectivity index (χ2n) is 7.40. The molecule has 0 spiro atoms. The van der Waals surface area contributed by atoms with E-state index in [2.05, 4.69) is 20.6 Å². The fraction of sp³-hybridized carbons (Fsp3) is 0.611. The number of anilines is 2. The molecule has 1 saturated heterocycles. The molecule has 0 bridgehead atoms. The summed E-state index contributed by atoms with van der Waals surface area (Å²) in [7, 11) is 1.75. The number of aromatic nitrogens is 2. The van der Waals surface area contributed by atoms with Crippen molar-refractivity contribution in [2.75, 3.05) is 30.4 Å². The van der Waals surface area contributed by atoms with Crippen LogP contribution in [0, 0.1) is 0 Å². The Kier molecular flexibility index (Phi) is 5.85. The summed E-state index contributed by atoms with van der Waals surface area (Å²) in [5, 5.41) is 6.24. The number of urea groups is 1. The van der Waals surface area contributed by atoms with E-state index >= 15 is 0 Å². The normalized spacial score (nSPS) is 21.7. The van der Waals surface area contributed by atoms with Crippen molar-refractivity contribution in [1.82, 2.24) is 20.2 Å². The highest BCUT2D eigenvalue weighted by Gasteiger charge is 2.34. The number of carbonyl (C=O) groups excluding carboxylic acids is 1. The topological polar surface area (TPSA) is 99.4 Å². The zero-order chi connectivity index (χ0) is 20.3. The van der Waals surface area contributed by atoms with Crippen LogP contribution in [0.3, 0.4) is 0 Å². The van der Waals surface area contributed by atoms with Crippen molar-refractivity contribution in [2.45, 2.75) is 50.6 Å². The summed E-state index contributed by atoms with van der Waals surface area (Å²) in [5.41, 5.74) is 6.61. The number of rotatable bonds is 6. The summed E-state index contributed by atoms with van der Waals surface area (Å²) in [4.78, 5) is 23.9. The van der Waals surface area contributed by atoms with Crippen molar-refractivity contribution in [2.24, 2.45) is 5.73 Å². The Morgan fingerprint density at radius 3 is 2.75 bits per heavy atom. The lowest BCUT2D eigenvalue weighted by molar-refractivity contribution is -0.0394. The summed E-state index contributed by atoms with van der Waals surface area (Å²) in [6.45, 7) is 3.08. The molecule has 1 aliphatic heterocycles. The summed E-state index contributed by atoms with van der Waals surface area (Å²) in [5.74, 6) is -1.65. The van der Waals surface area contributed by atoms with Gasteiger partial charge in [-0.2, -0.15) is 4.98 Å². The van der Waals surface area contributed by atoms with Crippen LogP contribution in [0.25, 0.3) is 0 Å². The van der Waals surface area contributed by atoms with Crippen LogP contribution < -0.4 is 21.3 Å². The number of nitrogens with zero attached hydrogens (tertiary/aromatic N) is 4. The van der Waals surface area contributed by atoms with Gasteiger partial charge < -0.3 is 21.3 Å². The largest absolute Gasteiger partial charge is 0.399 e. The molecule has 2 aliphatic rings. The quantitative estimate of drug-likeness (QED) is 0.682. The molecule has 1 atom stereocenters. The third-order valence-electron chi connectivity index (χ3n) is 5.18. The highest BCUT2D eigenvalue weighted by Crippen LogP contribution is 2.33. The number of halogens is 2. The lowest BCUT2D eigenvalue weighted by Crippen LogP contribution is -2.36. The van der Waals surface area contributed by atoms with Crippen molar-refractivity contribution < 1.29 is 13.6 Å². The van der Waals surface area contributed by atoms with Gasteiger partial charge >= 0.3 is 6.03 Å². The first kappa shape index (κ1) is 20.1. The Hall–Kier alpha value is -2.65. The van der Waals surface area contributed by atoms with Crippen LogP contribution in [0.4, 0.5) is 25.3 Å². The molecule has 4 N–H and O–H groups in total. The molecule has 2 heterocycles. The maximum absolute atomic E-state index is 13.2. The van der Waals surface area contributed by atoms with Gasteiger partial charge in [-0.05, 0) is 25.8 Å². The molecule has 28 heavy (non-hydrogen) atoms. The molecule has 1 saturated carbocycles. The Morgan fingerprint density at radius 1 is 1.39 bits per heavy atom. The van der Waals surface area contributed by atoms with E-state index in [-0.39, 0.29) is 31.0 Å². The van der Waals surface area contributed by atoms with E-state index in [1.54, 1.807) is 35.3 Å². The second-order valence-corrected chi connectivity index (χ2v) is 7.40. The molecular weight excluding hydrogens is 368 g/mol. The minimum Gasteiger partial charge on any atom is -0.399 e. The van der Waals surface area contributed by atoms with E-state index in [1.165, 1.54) is 0 Å². The average molecular weight is 395 g/mol. The minimum atomic E-state index is -2.55. The number of hydrogen-bond donors (Lipinski definition) is 3. The average Bonchev–Trinajstić information content (AvgIpc) is 2.99. The number of amides is 2. The first-order chi connectivity index (χ1) is 13.2. The molecule has 3 rings (SSSR count). The first-order valence-corrected chi connectivity index (χ1v) is 9.47. The summed E-state index contributed by atoms with van der Waals surface area (Å²) in [6.07, 6.45) is 3.89. The van der Waals surface area contributed by atoms with Gasteiger partial charge in [0.15, 0.2) is 0 Å². The molecule has 10 heteroatoms. The van der Waals surface area contributed by atoms with E-state index in [0.29, 0.717) is 43.4 Å². The first-order valence-electron chi connectivity index (χ1n) is 9.47. The molecule has 0 radical (unpaired) electrons. The number of nitrogens with two attached hydrogens (primary N) is 1. The standard InChI is InChI=1S/C18H27F2N7O/c1-12(14(21)11-23-13-3-6-18(19,20)7-4-13)24-16-22-8-5-15(25-16)27-10-9-26(2)17(27)28/h5,8,11-13,23H,3-4,6-7,9-10,21H2,1-2H3,(H,22,24,25)/b14-11-. The number of nitrogens with one attached hydrogen (secondary N) is 2. The van der Waals surface area contributed by atoms with Crippen LogP contribution in [0.5, 0.6) is 0 Å². The van der Waals surface area contributed by atoms with E-state index in [9.17, 15) is 13.6 Å². The molecule has 0 aromatic carbocycles. The van der Waals surface area contributed by atoms with Gasteiger partial charge in [-0.1, -0.05) is 0 Å². The third-order valence-corrected chi connectivity index (χ3v) is 5.18. The van der Waals surface area contributed by atoms with Gasteiger partial charge in [0.2, 0.25) is 11.9 Å². The van der Waals surface area contributed by atoms with Crippen LogP contribution in [0.15, 0.2) is 24.2 Å². The van der Waals surface area contributed by atoms with Gasteiger partial charge in [-0.15, -0.1) is 0 Å². The van der Waals surface area contributed by atoms with Crippen LogP contribution >= 0.6 is 0 Å². The fourth-order valence-electron chi connectivity index (χ4n) is 3.25. The molecule has 154 valence electrons. The summed E-state index contributed by atoms with van der Waals surface area (Å²) in [6, 6.07) is 1.32. The van der Waals surface area contributed by atoms with E-state index < -0.39 is 5.92 Å². The van der Waals surface area contributed by atoms with Crippen molar-refractivity contribution in [3.63, 3.8) is 0 Å². The summed E-state index contributed by atoms with van der Waals surface area (Å²) >= 11 is 0. The van der Waals surface area contributed by atoms with Gasteiger partial charge in [0.1, 0.15) is 5.82 Å². The Balaban J connectivity index is 1.56. The SMILES string of the molecule is CC(Nc1nccc(N2CCN(C)C2=O)n1)/C(N)=C/NC1CCC(F)(F)CC1. The monoisotopic (exact) mass is 395 g/mol. The lowest BCUT2D eigenvalue weighted by Gasteiger charge is -2.28. The van der Waals surface area contributed by atoms with Crippen molar-refractivity contribution in [3.8, 4) is 0 Å². The number of carbonyl (C=O) groups is 1. The molecule has 1 aliphatic carbocycles. The Bertz CT molecular complexity index is 732. The van der Waals surface area contributed by atoms with Gasteiger partial charge in [0, 0.05) is 57.1 Å². The summed E-state index contributed by atoms with van der Waals surface area (Å²) < 4.78 is 26.4. The minimum absolute atomic E-state index is 0.00289. The Morgan fingerprint density at radius 2 is 2.11 bits per heavy atom. The number of likely N-dealkylation sites (N-methyl/N-ethyl adjacent to an activating group) is 1. The molecule has 8 nitrogen and oxygen atoms in total. The molecule has 1 aromatic heterocycles. The lowest BCUT2D eigenvalue weighted by atomic mass is 9.92. The van der Waals surface area contributed by atoms with Gasteiger partial charge in [0.25, 0.3) is 0 Å². The maximum Gasteiger partial charge on any atom is 0.325 e. The molecule has 1 aromatic rings. The van der Waals surface area contributed by atoms with Crippen LogP contribution in [-0.4, -0.2) is 59.0 Å². The maximum atomic E-state index is 13.2. The van der Waals surface area contributed by atoms with Crippen molar-refractivity contribution in [1.29, 1.82) is 0 Å². The van der Waals surface area contributed by atoms with E-state index in [1.807, 2.05) is 6.92 Å². The second kappa shape index (κ2) is 8.15. The molecule has 2 fully saturated rings. The van der Waals surface area contributed by atoms with E-state index in [4.69, 9.17) is 5.73 Å². The van der Waals surface area contributed by atoms with Crippen LogP contribution in [-0.2, 0) is 0 Å². The molecule has 1 unspecified atom stereocenters. The van der Waals surface area contributed by atoms with Crippen molar-refractivity contribution >= 4 is 17.8 Å². The smallest absolute Gasteiger partial charge is 0.325 e. The van der Waals surface area contributed by atoms with E-state index in [0.717, 1.165) is 0 Å². The Labute approximate surface area is 163 Å². The predicted octanol–water partition coefficient (Wildman–Crippen LogP) is 2.12. The highest BCUT2D eigenvalue weighted by molar-refractivity contribution is 5.93. The van der Waals surface area contributed by atoms with Gasteiger partial charge in [-0.3, -0.25) is 4.90 Å². The van der Waals surface area contributed by atoms with Crippen LogP contribution in [0.2, 0.25) is 0 Å². The zero-order valence-electron chi connectivity index (χ0n) is 16.2. The highest BCUT2D eigenvalue weighted by atomic mass is 19.3. The predicted molar refractivity (Wildman–Crippen MR) is 103 cm³/mol. The molecule has 2 amide bonds. The number of alkyl halides is 2. The fourth-order valence-corrected chi connectivity index (χ4v) is 3.25.